The smallest absolute Gasteiger partial charge is 0.314 e. The average Bonchev–Trinajstić information content (AvgIpc) is 3.63. The van der Waals surface area contributed by atoms with E-state index in [-0.39, 0.29) is 53.6 Å². The second kappa shape index (κ2) is 21.7. The SMILES string of the molecule is C[Si](C)(C)CCOCn1ncc2c(N)ncc(NC(=O)C(=O)N(Cc3cc(F)cc(F)c3)Cc3cc(F)cc(F)c3)c21.NC(=O)C(=O)N(Cc1cc(F)cc(F)c1)Cc1cc(F)cc(F)c1. The number of halogens is 8. The zero-order valence-electron chi connectivity index (χ0n) is 35.5. The Balaban J connectivity index is 0.000000288. The Bertz CT molecular complexity index is 2580. The summed E-state index contributed by atoms with van der Waals surface area (Å²) in [5, 5.41) is 7.19. The number of nitrogen functional groups attached to an aromatic ring is 1. The lowest BCUT2D eigenvalue weighted by Crippen LogP contribution is -2.39. The number of anilines is 2. The molecule has 22 heteroatoms. The quantitative estimate of drug-likeness (QED) is 0.0441. The molecule has 0 saturated heterocycles. The number of rotatable bonds is 14. The summed E-state index contributed by atoms with van der Waals surface area (Å²) in [4.78, 5) is 55.4. The number of nitrogens with zero attached hydrogens (tertiary/aromatic N) is 5. The Morgan fingerprint density at radius 1 is 0.621 bits per heavy atom. The first-order valence-electron chi connectivity index (χ1n) is 19.7. The van der Waals surface area contributed by atoms with Crippen LogP contribution in [0.25, 0.3) is 10.9 Å². The summed E-state index contributed by atoms with van der Waals surface area (Å²) in [6.45, 7) is 5.61. The summed E-state index contributed by atoms with van der Waals surface area (Å²) in [5.74, 6) is -11.6. The number of primary amides is 1. The van der Waals surface area contributed by atoms with Crippen molar-refractivity contribution >= 4 is 54.1 Å². The standard InChI is InChI=1S/C28H30F4N6O3Si.C16H12F4N2O2/c1-42(2,3)5-4-41-16-38-25-23(12-35-38)26(33)34-13-24(25)36-27(39)28(40)37(14-17-6-19(29)10-20(30)7-17)15-18-8-21(31)11-22(32)9-18;17-11-1-9(2-12(18)5-11)7-22(16(24)15(21)23)8-10-3-13(19)6-14(20)4-10/h6-13H,4-5,14-16H2,1-3H3,(H2,33,34)(H,36,39);1-6H,7-8H2,(H2,21,23). The molecule has 0 unspecified atom stereocenters. The van der Waals surface area contributed by atoms with Crippen LogP contribution in [0.5, 0.6) is 0 Å². The van der Waals surface area contributed by atoms with Crippen molar-refractivity contribution in [2.75, 3.05) is 17.7 Å². The number of carbonyl (C=O) groups excluding carboxylic acids is 4. The molecule has 0 spiro atoms. The second-order valence-electron chi connectivity index (χ2n) is 16.1. The van der Waals surface area contributed by atoms with Gasteiger partial charge in [-0.2, -0.15) is 5.10 Å². The molecule has 6 rings (SSSR count). The fourth-order valence-electron chi connectivity index (χ4n) is 6.41. The van der Waals surface area contributed by atoms with Gasteiger partial charge in [-0.15, -0.1) is 0 Å². The summed E-state index contributed by atoms with van der Waals surface area (Å²) in [6, 6.07) is 11.3. The maximum Gasteiger partial charge on any atom is 0.314 e. The van der Waals surface area contributed by atoms with E-state index in [0.717, 1.165) is 64.4 Å². The van der Waals surface area contributed by atoms with E-state index in [9.17, 15) is 54.3 Å². The summed E-state index contributed by atoms with van der Waals surface area (Å²) < 4.78 is 116. The first-order valence-corrected chi connectivity index (χ1v) is 23.4. The first kappa shape index (κ1) is 49.8. The van der Waals surface area contributed by atoms with Gasteiger partial charge < -0.3 is 31.3 Å². The van der Waals surface area contributed by atoms with Gasteiger partial charge in [-0.25, -0.2) is 44.8 Å². The third kappa shape index (κ3) is 14.4. The minimum absolute atomic E-state index is 0.0237. The van der Waals surface area contributed by atoms with E-state index in [1.165, 1.54) is 17.1 Å². The second-order valence-corrected chi connectivity index (χ2v) is 21.7. The third-order valence-electron chi connectivity index (χ3n) is 9.32. The van der Waals surface area contributed by atoms with Crippen LogP contribution in [0.2, 0.25) is 25.7 Å². The largest absolute Gasteiger partial charge is 0.383 e. The number of amides is 4. The van der Waals surface area contributed by atoms with Gasteiger partial charge in [0.2, 0.25) is 0 Å². The van der Waals surface area contributed by atoms with E-state index in [0.29, 0.717) is 41.8 Å². The summed E-state index contributed by atoms with van der Waals surface area (Å²) in [6.07, 6.45) is 2.72. The predicted molar refractivity (Wildman–Crippen MR) is 228 cm³/mol. The van der Waals surface area contributed by atoms with Gasteiger partial charge in [0, 0.05) is 65.1 Å². The molecule has 348 valence electrons. The Labute approximate surface area is 372 Å². The number of hydrogen-bond donors (Lipinski definition) is 3. The van der Waals surface area contributed by atoms with Crippen molar-refractivity contribution < 1.29 is 59.0 Å². The van der Waals surface area contributed by atoms with E-state index >= 15 is 0 Å². The predicted octanol–water partition coefficient (Wildman–Crippen LogP) is 7.31. The van der Waals surface area contributed by atoms with Gasteiger partial charge in [-0.3, -0.25) is 19.2 Å². The van der Waals surface area contributed by atoms with E-state index in [1.54, 1.807) is 0 Å². The van der Waals surface area contributed by atoms with Crippen LogP contribution >= 0.6 is 0 Å². The Morgan fingerprint density at radius 2 is 1.00 bits per heavy atom. The monoisotopic (exact) mass is 942 g/mol. The maximum absolute atomic E-state index is 13.9. The van der Waals surface area contributed by atoms with Gasteiger partial charge in [-0.1, -0.05) is 19.6 Å². The molecule has 0 saturated carbocycles. The summed E-state index contributed by atoms with van der Waals surface area (Å²) in [5.41, 5.74) is 11.6. The summed E-state index contributed by atoms with van der Waals surface area (Å²) >= 11 is 0. The van der Waals surface area contributed by atoms with Gasteiger partial charge in [-0.05, 0) is 76.8 Å². The van der Waals surface area contributed by atoms with Gasteiger partial charge in [0.1, 0.15) is 59.1 Å². The Kier molecular flexibility index (Phi) is 16.3. The first-order chi connectivity index (χ1) is 31.0. The van der Waals surface area contributed by atoms with Crippen molar-refractivity contribution in [3.05, 3.63) is 154 Å². The molecule has 0 bridgehead atoms. The zero-order valence-corrected chi connectivity index (χ0v) is 36.5. The zero-order chi connectivity index (χ0) is 48.5. The molecule has 2 aromatic heterocycles. The molecule has 0 aliphatic rings. The number of aromatic nitrogens is 3. The van der Waals surface area contributed by atoms with Crippen LogP contribution in [0.4, 0.5) is 46.6 Å². The minimum atomic E-state index is -1.33. The maximum atomic E-state index is 13.9. The van der Waals surface area contributed by atoms with Gasteiger partial charge in [0.25, 0.3) is 0 Å². The molecule has 0 aliphatic carbocycles. The van der Waals surface area contributed by atoms with Crippen LogP contribution in [0, 0.1) is 46.5 Å². The number of carbonyl (C=O) groups is 4. The number of pyridine rings is 1. The minimum Gasteiger partial charge on any atom is -0.383 e. The van der Waals surface area contributed by atoms with Gasteiger partial charge in [0.15, 0.2) is 0 Å². The number of ether oxygens (including phenoxy) is 1. The topological polar surface area (TPSA) is 179 Å². The number of hydrogen-bond acceptors (Lipinski definition) is 8. The van der Waals surface area contributed by atoms with E-state index in [4.69, 9.17) is 16.2 Å². The molecule has 0 radical (unpaired) electrons. The molecule has 6 aromatic rings. The molecule has 0 fully saturated rings. The van der Waals surface area contributed by atoms with Crippen LogP contribution in [0.1, 0.15) is 22.3 Å². The highest BCUT2D eigenvalue weighted by Gasteiger charge is 2.26. The van der Waals surface area contributed by atoms with Crippen molar-refractivity contribution in [1.29, 1.82) is 0 Å². The Hall–Kier alpha value is -7.20. The van der Waals surface area contributed by atoms with Crippen LogP contribution < -0.4 is 16.8 Å². The highest BCUT2D eigenvalue weighted by atomic mass is 28.3. The fourth-order valence-corrected chi connectivity index (χ4v) is 7.16. The van der Waals surface area contributed by atoms with Crippen LogP contribution in [0.15, 0.2) is 85.2 Å². The van der Waals surface area contributed by atoms with E-state index in [2.05, 4.69) is 35.0 Å². The Morgan fingerprint density at radius 3 is 1.36 bits per heavy atom. The molecule has 66 heavy (non-hydrogen) atoms. The van der Waals surface area contributed by atoms with Crippen molar-refractivity contribution in [3.8, 4) is 0 Å². The molecular formula is C44H42F8N8O5Si. The number of benzene rings is 4. The number of nitrogens with two attached hydrogens (primary N) is 2. The number of nitrogens with one attached hydrogen (secondary N) is 1. The lowest BCUT2D eigenvalue weighted by molar-refractivity contribution is -0.145. The normalized spacial score (nSPS) is 11.2. The molecule has 0 aliphatic heterocycles. The molecule has 4 amide bonds. The van der Waals surface area contributed by atoms with Crippen LogP contribution in [0.3, 0.4) is 0 Å². The molecule has 4 aromatic carbocycles. The third-order valence-corrected chi connectivity index (χ3v) is 11.0. The molecule has 0 atom stereocenters. The van der Waals surface area contributed by atoms with Crippen molar-refractivity contribution in [2.45, 2.75) is 58.6 Å². The average molecular weight is 943 g/mol. The lowest BCUT2D eigenvalue weighted by atomic mass is 10.1. The van der Waals surface area contributed by atoms with Gasteiger partial charge >= 0.3 is 23.6 Å². The number of fused-ring (bicyclic) bond motifs is 1. The molecule has 5 N–H and O–H groups in total. The lowest BCUT2D eigenvalue weighted by Gasteiger charge is -2.23. The van der Waals surface area contributed by atoms with Gasteiger partial charge in [0.05, 0.1) is 29.0 Å². The fraction of sp³-hybridized carbons (Fsp3) is 0.227. The van der Waals surface area contributed by atoms with E-state index in [1.807, 2.05) is 0 Å². The van der Waals surface area contributed by atoms with Crippen LogP contribution in [-0.2, 0) is 56.8 Å². The van der Waals surface area contributed by atoms with Crippen molar-refractivity contribution in [3.63, 3.8) is 0 Å². The van der Waals surface area contributed by atoms with Crippen LogP contribution in [-0.4, -0.2) is 62.9 Å². The summed E-state index contributed by atoms with van der Waals surface area (Å²) in [7, 11) is -1.33. The molecular weight excluding hydrogens is 901 g/mol. The molecule has 2 heterocycles. The highest BCUT2D eigenvalue weighted by Crippen LogP contribution is 2.27. The van der Waals surface area contributed by atoms with E-state index < -0.39 is 91.3 Å². The van der Waals surface area contributed by atoms with Crippen molar-refractivity contribution in [2.24, 2.45) is 5.73 Å². The highest BCUT2D eigenvalue weighted by molar-refractivity contribution is 6.76. The van der Waals surface area contributed by atoms with Crippen molar-refractivity contribution in [1.82, 2.24) is 24.6 Å². The molecule has 13 nitrogen and oxygen atoms in total.